The monoisotopic (exact) mass is 271 g/mol. The molecule has 0 fully saturated rings. The molecular formula is C9H10BrN3S. The summed E-state index contributed by atoms with van der Waals surface area (Å²) >= 11 is 5.07. The fourth-order valence-corrected chi connectivity index (χ4v) is 2.78. The molecule has 0 aliphatic rings. The number of nitrogens with zero attached hydrogens (tertiary/aromatic N) is 2. The van der Waals surface area contributed by atoms with E-state index in [1.807, 2.05) is 24.6 Å². The van der Waals surface area contributed by atoms with Crippen LogP contribution in [0.3, 0.4) is 0 Å². The Morgan fingerprint density at radius 2 is 2.43 bits per heavy atom. The number of hydrogen-bond acceptors (Lipinski definition) is 3. The summed E-state index contributed by atoms with van der Waals surface area (Å²) in [4.78, 5) is 1.14. The van der Waals surface area contributed by atoms with E-state index in [-0.39, 0.29) is 6.04 Å². The van der Waals surface area contributed by atoms with Crippen molar-refractivity contribution in [3.63, 3.8) is 0 Å². The third-order valence-electron chi connectivity index (χ3n) is 2.07. The molecule has 0 radical (unpaired) electrons. The van der Waals surface area contributed by atoms with Gasteiger partial charge >= 0.3 is 0 Å². The van der Waals surface area contributed by atoms with Crippen LogP contribution in [0.1, 0.15) is 16.6 Å². The van der Waals surface area contributed by atoms with Crippen LogP contribution in [0.5, 0.6) is 0 Å². The lowest BCUT2D eigenvalue weighted by atomic mass is 10.2. The van der Waals surface area contributed by atoms with Gasteiger partial charge in [-0.3, -0.25) is 4.68 Å². The predicted molar refractivity (Wildman–Crippen MR) is 61.3 cm³/mol. The van der Waals surface area contributed by atoms with Gasteiger partial charge in [-0.05, 0) is 28.1 Å². The molecule has 2 heterocycles. The molecule has 1 unspecified atom stereocenters. The van der Waals surface area contributed by atoms with Gasteiger partial charge in [-0.2, -0.15) is 5.10 Å². The minimum atomic E-state index is -0.0844. The van der Waals surface area contributed by atoms with Gasteiger partial charge in [0.05, 0.1) is 11.7 Å². The van der Waals surface area contributed by atoms with E-state index in [4.69, 9.17) is 5.73 Å². The van der Waals surface area contributed by atoms with E-state index < -0.39 is 0 Å². The maximum Gasteiger partial charge on any atom is 0.0817 e. The van der Waals surface area contributed by atoms with Crippen LogP contribution in [0.15, 0.2) is 28.2 Å². The summed E-state index contributed by atoms with van der Waals surface area (Å²) in [6.45, 7) is 0. The third kappa shape index (κ3) is 1.75. The number of halogens is 1. The van der Waals surface area contributed by atoms with Gasteiger partial charge in [0.25, 0.3) is 0 Å². The van der Waals surface area contributed by atoms with Crippen molar-refractivity contribution in [2.24, 2.45) is 12.8 Å². The number of nitrogens with two attached hydrogens (primary N) is 1. The Kier molecular flexibility index (Phi) is 2.71. The summed E-state index contributed by atoms with van der Waals surface area (Å²) in [7, 11) is 1.90. The van der Waals surface area contributed by atoms with Crippen molar-refractivity contribution in [1.29, 1.82) is 0 Å². The Balaban J connectivity index is 2.33. The Labute approximate surface area is 94.7 Å². The number of aromatic nitrogens is 2. The van der Waals surface area contributed by atoms with Gasteiger partial charge in [-0.25, -0.2) is 0 Å². The van der Waals surface area contributed by atoms with E-state index in [1.165, 1.54) is 0 Å². The lowest BCUT2D eigenvalue weighted by molar-refractivity contribution is 0.678. The first-order valence-corrected chi connectivity index (χ1v) is 5.83. The van der Waals surface area contributed by atoms with Crippen molar-refractivity contribution in [3.05, 3.63) is 38.8 Å². The SMILES string of the molecule is Cn1nccc1C(N)c1cc(Br)cs1. The Bertz CT molecular complexity index is 435. The molecule has 2 rings (SSSR count). The molecule has 0 saturated carbocycles. The van der Waals surface area contributed by atoms with E-state index in [0.717, 1.165) is 15.0 Å². The first-order chi connectivity index (χ1) is 6.68. The highest BCUT2D eigenvalue weighted by molar-refractivity contribution is 9.10. The zero-order valence-electron chi connectivity index (χ0n) is 7.64. The fraction of sp³-hybridized carbons (Fsp3) is 0.222. The average Bonchev–Trinajstić information content (AvgIpc) is 2.73. The molecule has 2 aromatic rings. The largest absolute Gasteiger partial charge is 0.318 e. The third-order valence-corrected chi connectivity index (χ3v) is 3.85. The normalized spacial score (nSPS) is 13.1. The quantitative estimate of drug-likeness (QED) is 0.911. The van der Waals surface area contributed by atoms with E-state index in [9.17, 15) is 0 Å². The van der Waals surface area contributed by atoms with E-state index in [1.54, 1.807) is 22.2 Å². The highest BCUT2D eigenvalue weighted by Gasteiger charge is 2.13. The zero-order valence-corrected chi connectivity index (χ0v) is 10.0. The molecule has 2 N–H and O–H groups in total. The minimum Gasteiger partial charge on any atom is -0.318 e. The number of aryl methyl sites for hydroxylation is 1. The van der Waals surface area contributed by atoms with Crippen LogP contribution in [-0.4, -0.2) is 9.78 Å². The van der Waals surface area contributed by atoms with Crippen molar-refractivity contribution in [2.45, 2.75) is 6.04 Å². The van der Waals surface area contributed by atoms with Gasteiger partial charge in [0.1, 0.15) is 0 Å². The Morgan fingerprint density at radius 3 is 2.93 bits per heavy atom. The average molecular weight is 272 g/mol. The minimum absolute atomic E-state index is 0.0844. The summed E-state index contributed by atoms with van der Waals surface area (Å²) in [6, 6.07) is 3.90. The van der Waals surface area contributed by atoms with Gasteiger partial charge in [0.15, 0.2) is 0 Å². The van der Waals surface area contributed by atoms with Crippen LogP contribution in [0.2, 0.25) is 0 Å². The number of thiophene rings is 1. The van der Waals surface area contributed by atoms with E-state index in [0.29, 0.717) is 0 Å². The van der Waals surface area contributed by atoms with E-state index in [2.05, 4.69) is 21.0 Å². The van der Waals surface area contributed by atoms with Crippen molar-refractivity contribution < 1.29 is 0 Å². The zero-order chi connectivity index (χ0) is 10.1. The number of hydrogen-bond donors (Lipinski definition) is 1. The van der Waals surface area contributed by atoms with Gasteiger partial charge in [0.2, 0.25) is 0 Å². The predicted octanol–water partition coefficient (Wildman–Crippen LogP) is 2.29. The van der Waals surface area contributed by atoms with Crippen molar-refractivity contribution in [2.75, 3.05) is 0 Å². The van der Waals surface area contributed by atoms with Crippen LogP contribution < -0.4 is 5.73 Å². The molecule has 74 valence electrons. The fourth-order valence-electron chi connectivity index (χ4n) is 1.33. The molecule has 14 heavy (non-hydrogen) atoms. The Morgan fingerprint density at radius 1 is 1.64 bits per heavy atom. The second kappa shape index (κ2) is 3.84. The van der Waals surface area contributed by atoms with Crippen LogP contribution in [0.4, 0.5) is 0 Å². The molecule has 0 spiro atoms. The molecule has 3 nitrogen and oxygen atoms in total. The van der Waals surface area contributed by atoms with Gasteiger partial charge in [-0.1, -0.05) is 0 Å². The van der Waals surface area contributed by atoms with E-state index >= 15 is 0 Å². The molecular weight excluding hydrogens is 262 g/mol. The second-order valence-corrected chi connectivity index (χ2v) is 4.88. The summed E-state index contributed by atoms with van der Waals surface area (Å²) in [5.41, 5.74) is 7.13. The topological polar surface area (TPSA) is 43.8 Å². The van der Waals surface area contributed by atoms with Gasteiger partial charge in [-0.15, -0.1) is 11.3 Å². The second-order valence-electron chi connectivity index (χ2n) is 3.02. The standard InChI is InChI=1S/C9H10BrN3S/c1-13-7(2-3-12-13)9(11)8-4-6(10)5-14-8/h2-5,9H,11H2,1H3. The molecule has 5 heteroatoms. The highest BCUT2D eigenvalue weighted by Crippen LogP contribution is 2.27. The van der Waals surface area contributed by atoms with Crippen molar-refractivity contribution in [1.82, 2.24) is 9.78 Å². The molecule has 0 amide bonds. The number of rotatable bonds is 2. The first kappa shape index (κ1) is 9.89. The smallest absolute Gasteiger partial charge is 0.0817 e. The lowest BCUT2D eigenvalue weighted by Crippen LogP contribution is -2.14. The maximum atomic E-state index is 6.10. The summed E-state index contributed by atoms with van der Waals surface area (Å²) in [5.74, 6) is 0. The molecule has 1 atom stereocenters. The van der Waals surface area contributed by atoms with Crippen LogP contribution in [0, 0.1) is 0 Å². The molecule has 2 aromatic heterocycles. The van der Waals surface area contributed by atoms with Gasteiger partial charge < -0.3 is 5.73 Å². The van der Waals surface area contributed by atoms with Crippen LogP contribution >= 0.6 is 27.3 Å². The first-order valence-electron chi connectivity index (χ1n) is 4.16. The Hall–Kier alpha value is -0.650. The summed E-state index contributed by atoms with van der Waals surface area (Å²) < 4.78 is 2.88. The molecule has 0 aliphatic heterocycles. The molecule has 0 bridgehead atoms. The molecule has 0 aliphatic carbocycles. The molecule has 0 aromatic carbocycles. The summed E-state index contributed by atoms with van der Waals surface area (Å²) in [6.07, 6.45) is 1.76. The molecule has 0 saturated heterocycles. The lowest BCUT2D eigenvalue weighted by Gasteiger charge is -2.09. The maximum absolute atomic E-state index is 6.10. The van der Waals surface area contributed by atoms with Crippen molar-refractivity contribution in [3.8, 4) is 0 Å². The van der Waals surface area contributed by atoms with Crippen LogP contribution in [-0.2, 0) is 7.05 Å². The van der Waals surface area contributed by atoms with Gasteiger partial charge in [0, 0.05) is 28.0 Å². The summed E-state index contributed by atoms with van der Waals surface area (Å²) in [5, 5.41) is 6.13. The van der Waals surface area contributed by atoms with Crippen LogP contribution in [0.25, 0.3) is 0 Å². The van der Waals surface area contributed by atoms with Crippen molar-refractivity contribution >= 4 is 27.3 Å². The highest BCUT2D eigenvalue weighted by atomic mass is 79.9.